The minimum absolute atomic E-state index is 0.0656. The fraction of sp³-hybridized carbons (Fsp3) is 0.0833. The summed E-state index contributed by atoms with van der Waals surface area (Å²) in [6, 6.07) is 14.9. The lowest BCUT2D eigenvalue weighted by molar-refractivity contribution is -0.274. The number of halogens is 4. The topological polar surface area (TPSA) is 87.1 Å². The molecule has 1 atom stereocenters. The van der Waals surface area contributed by atoms with E-state index in [0.717, 1.165) is 17.0 Å². The van der Waals surface area contributed by atoms with E-state index in [0.29, 0.717) is 10.6 Å². The molecule has 1 aliphatic heterocycles. The number of alkyl halides is 3. The van der Waals surface area contributed by atoms with Gasteiger partial charge < -0.3 is 14.9 Å². The van der Waals surface area contributed by atoms with Crippen molar-refractivity contribution in [3.05, 3.63) is 94.5 Å². The van der Waals surface area contributed by atoms with E-state index in [9.17, 15) is 33.0 Å². The first-order valence-electron chi connectivity index (χ1n) is 9.77. The molecule has 3 aromatic rings. The van der Waals surface area contributed by atoms with Crippen molar-refractivity contribution in [3.63, 3.8) is 0 Å². The second-order valence-corrected chi connectivity index (χ2v) is 7.75. The van der Waals surface area contributed by atoms with Gasteiger partial charge in [0.2, 0.25) is 0 Å². The van der Waals surface area contributed by atoms with E-state index in [1.54, 1.807) is 12.1 Å². The molecule has 0 bridgehead atoms. The Morgan fingerprint density at radius 2 is 1.62 bits per heavy atom. The average molecular weight is 490 g/mol. The van der Waals surface area contributed by atoms with Crippen molar-refractivity contribution < 1.29 is 37.7 Å². The van der Waals surface area contributed by atoms with Gasteiger partial charge in [-0.1, -0.05) is 35.9 Å². The number of hydrogen-bond acceptors (Lipinski definition) is 5. The van der Waals surface area contributed by atoms with Crippen LogP contribution in [0.3, 0.4) is 0 Å². The maximum atomic E-state index is 13.0. The number of ketones is 1. The lowest BCUT2D eigenvalue weighted by Gasteiger charge is -2.25. The van der Waals surface area contributed by atoms with Gasteiger partial charge >= 0.3 is 6.36 Å². The first kappa shape index (κ1) is 23.2. The largest absolute Gasteiger partial charge is 0.573 e. The molecule has 1 heterocycles. The Labute approximate surface area is 196 Å². The summed E-state index contributed by atoms with van der Waals surface area (Å²) in [4.78, 5) is 27.1. The highest BCUT2D eigenvalue weighted by atomic mass is 35.5. The van der Waals surface area contributed by atoms with Gasteiger partial charge in [0.1, 0.15) is 17.3 Å². The molecule has 2 N–H and O–H groups in total. The third-order valence-corrected chi connectivity index (χ3v) is 5.33. The molecule has 174 valence electrons. The van der Waals surface area contributed by atoms with Crippen LogP contribution in [-0.4, -0.2) is 28.3 Å². The minimum atomic E-state index is -4.89. The Kier molecular flexibility index (Phi) is 5.97. The summed E-state index contributed by atoms with van der Waals surface area (Å²) in [5, 5.41) is 20.9. The Morgan fingerprint density at radius 3 is 2.21 bits per heavy atom. The number of ether oxygens (including phenoxy) is 1. The number of carbonyl (C=O) groups is 2. The van der Waals surface area contributed by atoms with Crippen LogP contribution in [0.4, 0.5) is 18.9 Å². The zero-order chi connectivity index (χ0) is 24.6. The molecule has 1 unspecified atom stereocenters. The highest BCUT2D eigenvalue weighted by molar-refractivity contribution is 6.51. The summed E-state index contributed by atoms with van der Waals surface area (Å²) in [5.74, 6) is -3.03. The van der Waals surface area contributed by atoms with Crippen molar-refractivity contribution in [1.29, 1.82) is 0 Å². The molecule has 0 spiro atoms. The molecule has 4 rings (SSSR count). The van der Waals surface area contributed by atoms with Gasteiger partial charge in [0.15, 0.2) is 0 Å². The van der Waals surface area contributed by atoms with Crippen molar-refractivity contribution in [3.8, 4) is 11.5 Å². The Bertz CT molecular complexity index is 1290. The molecule has 0 radical (unpaired) electrons. The van der Waals surface area contributed by atoms with Crippen molar-refractivity contribution in [2.75, 3.05) is 4.90 Å². The second-order valence-electron chi connectivity index (χ2n) is 7.31. The zero-order valence-corrected chi connectivity index (χ0v) is 17.8. The Hall–Kier alpha value is -3.98. The van der Waals surface area contributed by atoms with Gasteiger partial charge in [-0.25, -0.2) is 0 Å². The summed E-state index contributed by atoms with van der Waals surface area (Å²) in [6.45, 7) is 0. The van der Waals surface area contributed by atoms with Crippen LogP contribution in [0.5, 0.6) is 11.5 Å². The molecular formula is C24H15ClF3NO5. The number of amides is 1. The molecule has 3 aromatic carbocycles. The summed E-state index contributed by atoms with van der Waals surface area (Å²) in [6.07, 6.45) is -4.89. The number of aromatic hydroxyl groups is 1. The predicted molar refractivity (Wildman–Crippen MR) is 117 cm³/mol. The number of rotatable bonds is 4. The summed E-state index contributed by atoms with van der Waals surface area (Å²) >= 11 is 6.00. The van der Waals surface area contributed by atoms with E-state index in [1.165, 1.54) is 48.5 Å². The molecular weight excluding hydrogens is 475 g/mol. The number of aliphatic hydroxyl groups excluding tert-OH is 1. The molecule has 1 aliphatic rings. The number of carbonyl (C=O) groups excluding carboxylic acids is 2. The van der Waals surface area contributed by atoms with Crippen LogP contribution in [0.15, 0.2) is 78.4 Å². The third kappa shape index (κ3) is 4.55. The fourth-order valence-electron chi connectivity index (χ4n) is 3.67. The molecule has 1 saturated heterocycles. The van der Waals surface area contributed by atoms with Gasteiger partial charge in [0.05, 0.1) is 11.6 Å². The Balaban J connectivity index is 1.86. The summed E-state index contributed by atoms with van der Waals surface area (Å²) < 4.78 is 41.4. The summed E-state index contributed by atoms with van der Waals surface area (Å²) in [5.41, 5.74) is 0.424. The number of phenolic OH excluding ortho intramolecular Hbond substituents is 1. The maximum absolute atomic E-state index is 13.0. The number of Topliss-reactive ketones (excluding diaryl/α,β-unsaturated/α-hetero) is 1. The molecule has 34 heavy (non-hydrogen) atoms. The fourth-order valence-corrected chi connectivity index (χ4v) is 3.86. The maximum Gasteiger partial charge on any atom is 0.573 e. The quantitative estimate of drug-likeness (QED) is 0.284. The van der Waals surface area contributed by atoms with Crippen LogP contribution in [0.25, 0.3) is 5.76 Å². The van der Waals surface area contributed by atoms with Crippen LogP contribution in [0.2, 0.25) is 5.02 Å². The van der Waals surface area contributed by atoms with E-state index in [2.05, 4.69) is 4.74 Å². The van der Waals surface area contributed by atoms with Crippen LogP contribution >= 0.6 is 11.6 Å². The van der Waals surface area contributed by atoms with E-state index in [4.69, 9.17) is 11.6 Å². The molecule has 0 aromatic heterocycles. The van der Waals surface area contributed by atoms with Crippen LogP contribution in [0, 0.1) is 0 Å². The highest BCUT2D eigenvalue weighted by Crippen LogP contribution is 2.43. The van der Waals surface area contributed by atoms with E-state index >= 15 is 0 Å². The molecule has 1 amide bonds. The highest BCUT2D eigenvalue weighted by Gasteiger charge is 2.47. The van der Waals surface area contributed by atoms with Crippen molar-refractivity contribution >= 4 is 34.7 Å². The van der Waals surface area contributed by atoms with Gasteiger partial charge in [0.25, 0.3) is 11.7 Å². The smallest absolute Gasteiger partial charge is 0.508 e. The lowest BCUT2D eigenvalue weighted by atomic mass is 9.95. The van der Waals surface area contributed by atoms with Gasteiger partial charge in [-0.05, 0) is 54.1 Å². The van der Waals surface area contributed by atoms with Gasteiger partial charge in [-0.2, -0.15) is 0 Å². The first-order valence-corrected chi connectivity index (χ1v) is 10.1. The van der Waals surface area contributed by atoms with Crippen molar-refractivity contribution in [2.45, 2.75) is 12.4 Å². The number of benzene rings is 3. The second kappa shape index (κ2) is 8.75. The normalized spacial score (nSPS) is 17.8. The van der Waals surface area contributed by atoms with Gasteiger partial charge in [0, 0.05) is 16.3 Å². The van der Waals surface area contributed by atoms with Crippen molar-refractivity contribution in [2.24, 2.45) is 0 Å². The monoisotopic (exact) mass is 489 g/mol. The zero-order valence-electron chi connectivity index (χ0n) is 17.1. The van der Waals surface area contributed by atoms with Crippen LogP contribution < -0.4 is 9.64 Å². The average Bonchev–Trinajstić information content (AvgIpc) is 3.04. The van der Waals surface area contributed by atoms with Crippen LogP contribution in [0.1, 0.15) is 17.2 Å². The molecule has 1 fully saturated rings. The lowest BCUT2D eigenvalue weighted by Crippen LogP contribution is -2.29. The standard InChI is InChI=1S/C24H15ClF3NO5/c25-15-3-1-2-14(12-15)21(31)19-20(13-4-8-17(30)9-5-13)29(23(33)22(19)32)16-6-10-18(11-7-16)34-24(26,27)28/h1-12,20,30-31H/b21-19-. The predicted octanol–water partition coefficient (Wildman–Crippen LogP) is 5.57. The summed E-state index contributed by atoms with van der Waals surface area (Å²) in [7, 11) is 0. The number of aliphatic hydroxyl groups is 1. The molecule has 0 aliphatic carbocycles. The molecule has 0 saturated carbocycles. The van der Waals surface area contributed by atoms with E-state index < -0.39 is 35.6 Å². The minimum Gasteiger partial charge on any atom is -0.508 e. The first-order chi connectivity index (χ1) is 16.0. The number of nitrogens with zero attached hydrogens (tertiary/aromatic N) is 1. The van der Waals surface area contributed by atoms with E-state index in [-0.39, 0.29) is 22.6 Å². The van der Waals surface area contributed by atoms with Crippen molar-refractivity contribution in [1.82, 2.24) is 0 Å². The third-order valence-electron chi connectivity index (χ3n) is 5.10. The molecule has 6 nitrogen and oxygen atoms in total. The number of hydrogen-bond donors (Lipinski definition) is 2. The number of phenols is 1. The van der Waals surface area contributed by atoms with E-state index in [1.807, 2.05) is 0 Å². The van der Waals surface area contributed by atoms with Gasteiger partial charge in [-0.15, -0.1) is 13.2 Å². The van der Waals surface area contributed by atoms with Gasteiger partial charge in [-0.3, -0.25) is 14.5 Å². The van der Waals surface area contributed by atoms with Crippen LogP contribution in [-0.2, 0) is 9.59 Å². The number of anilines is 1. The SMILES string of the molecule is O=C1C(=O)N(c2ccc(OC(F)(F)F)cc2)C(c2ccc(O)cc2)/C1=C(/O)c1cccc(Cl)c1. The molecule has 10 heteroatoms. The Morgan fingerprint density at radius 1 is 0.971 bits per heavy atom.